The fourth-order valence-electron chi connectivity index (χ4n) is 1.53. The summed E-state index contributed by atoms with van der Waals surface area (Å²) < 4.78 is 5.42. The Morgan fingerprint density at radius 3 is 2.83 bits per heavy atom. The van der Waals surface area contributed by atoms with E-state index in [1.54, 1.807) is 13.0 Å². The van der Waals surface area contributed by atoms with Crippen molar-refractivity contribution in [3.05, 3.63) is 42.0 Å². The van der Waals surface area contributed by atoms with E-state index in [-0.39, 0.29) is 17.6 Å². The second kappa shape index (κ2) is 9.06. The summed E-state index contributed by atoms with van der Waals surface area (Å²) in [6.07, 6.45) is 3.15. The van der Waals surface area contributed by atoms with E-state index in [0.717, 1.165) is 5.56 Å². The van der Waals surface area contributed by atoms with E-state index in [4.69, 9.17) is 4.74 Å². The molecule has 1 aromatic carbocycles. The van der Waals surface area contributed by atoms with Crippen LogP contribution in [0.2, 0.25) is 0 Å². The summed E-state index contributed by atoms with van der Waals surface area (Å²) >= 11 is 2.44. The topological polar surface area (TPSA) is 81.2 Å². The zero-order valence-corrected chi connectivity index (χ0v) is 14.0. The molecular weight excluding hydrogens is 334 g/mol. The van der Waals surface area contributed by atoms with Crippen molar-refractivity contribution in [3.63, 3.8) is 0 Å². The molecule has 23 heavy (non-hydrogen) atoms. The van der Waals surface area contributed by atoms with Crippen molar-refractivity contribution >= 4 is 46.2 Å². The smallest absolute Gasteiger partial charge is 0.316 e. The van der Waals surface area contributed by atoms with E-state index in [1.165, 1.54) is 29.2 Å². The van der Waals surface area contributed by atoms with Crippen LogP contribution in [-0.2, 0) is 14.3 Å². The lowest BCUT2D eigenvalue weighted by Gasteiger charge is -1.98. The summed E-state index contributed by atoms with van der Waals surface area (Å²) in [6, 6.07) is 9.51. The SMILES string of the molecule is CCOC(=O)CSc1nnc(NC(=O)/C=C/c2ccccc2)s1. The molecule has 2 rings (SSSR count). The van der Waals surface area contributed by atoms with Crippen molar-refractivity contribution in [2.24, 2.45) is 0 Å². The quantitative estimate of drug-likeness (QED) is 0.358. The number of rotatable bonds is 7. The highest BCUT2D eigenvalue weighted by molar-refractivity contribution is 8.01. The Labute approximate surface area is 142 Å². The van der Waals surface area contributed by atoms with E-state index in [0.29, 0.717) is 16.1 Å². The molecule has 0 radical (unpaired) electrons. The number of hydrogen-bond donors (Lipinski definition) is 1. The molecule has 6 nitrogen and oxygen atoms in total. The zero-order valence-electron chi connectivity index (χ0n) is 12.4. The van der Waals surface area contributed by atoms with Crippen LogP contribution in [0.1, 0.15) is 12.5 Å². The molecule has 1 amide bonds. The third kappa shape index (κ3) is 6.21. The number of nitrogens with one attached hydrogen (secondary N) is 1. The van der Waals surface area contributed by atoms with Crippen molar-refractivity contribution in [1.29, 1.82) is 0 Å². The number of benzene rings is 1. The fraction of sp³-hybridized carbons (Fsp3) is 0.200. The number of ether oxygens (including phenoxy) is 1. The number of amides is 1. The van der Waals surface area contributed by atoms with Gasteiger partial charge in [0.2, 0.25) is 11.0 Å². The zero-order chi connectivity index (χ0) is 16.5. The van der Waals surface area contributed by atoms with Gasteiger partial charge < -0.3 is 4.74 Å². The number of anilines is 1. The molecule has 0 saturated heterocycles. The predicted octanol–water partition coefficient (Wildman–Crippen LogP) is 2.85. The molecule has 0 spiro atoms. The highest BCUT2D eigenvalue weighted by atomic mass is 32.2. The lowest BCUT2D eigenvalue weighted by Crippen LogP contribution is -2.07. The largest absolute Gasteiger partial charge is 0.465 e. The lowest BCUT2D eigenvalue weighted by atomic mass is 10.2. The number of thioether (sulfide) groups is 1. The van der Waals surface area contributed by atoms with E-state index in [9.17, 15) is 9.59 Å². The fourth-order valence-corrected chi connectivity index (χ4v) is 3.08. The molecule has 0 atom stereocenters. The molecule has 0 fully saturated rings. The van der Waals surface area contributed by atoms with Crippen LogP contribution in [0, 0.1) is 0 Å². The Morgan fingerprint density at radius 2 is 2.09 bits per heavy atom. The first-order valence-electron chi connectivity index (χ1n) is 6.83. The van der Waals surface area contributed by atoms with E-state index in [2.05, 4.69) is 15.5 Å². The number of nitrogens with zero attached hydrogens (tertiary/aromatic N) is 2. The molecule has 120 valence electrons. The maximum Gasteiger partial charge on any atom is 0.316 e. The normalized spacial score (nSPS) is 10.7. The number of esters is 1. The average molecular weight is 349 g/mol. The van der Waals surface area contributed by atoms with Gasteiger partial charge in [-0.15, -0.1) is 10.2 Å². The van der Waals surface area contributed by atoms with Gasteiger partial charge in [-0.25, -0.2) is 0 Å². The minimum atomic E-state index is -0.302. The summed E-state index contributed by atoms with van der Waals surface area (Å²) in [6.45, 7) is 2.11. The maximum atomic E-state index is 11.8. The van der Waals surface area contributed by atoms with E-state index >= 15 is 0 Å². The van der Waals surface area contributed by atoms with E-state index in [1.807, 2.05) is 30.3 Å². The van der Waals surface area contributed by atoms with Gasteiger partial charge in [0.25, 0.3) is 0 Å². The van der Waals surface area contributed by atoms with Crippen molar-refractivity contribution in [3.8, 4) is 0 Å². The summed E-state index contributed by atoms with van der Waals surface area (Å²) in [5.41, 5.74) is 0.936. The second-order valence-electron chi connectivity index (χ2n) is 4.20. The molecule has 1 N–H and O–H groups in total. The van der Waals surface area contributed by atoms with Crippen LogP contribution in [0.3, 0.4) is 0 Å². The molecular formula is C15H15N3O3S2. The lowest BCUT2D eigenvalue weighted by molar-refractivity contribution is -0.139. The molecule has 1 aromatic heterocycles. The van der Waals surface area contributed by atoms with Gasteiger partial charge in [0.15, 0.2) is 4.34 Å². The third-order valence-electron chi connectivity index (χ3n) is 2.48. The summed E-state index contributed by atoms with van der Waals surface area (Å²) in [7, 11) is 0. The summed E-state index contributed by atoms with van der Waals surface area (Å²) in [4.78, 5) is 23.1. The minimum Gasteiger partial charge on any atom is -0.465 e. The molecule has 0 bridgehead atoms. The van der Waals surface area contributed by atoms with Crippen LogP contribution in [0.4, 0.5) is 5.13 Å². The number of hydrogen-bond acceptors (Lipinski definition) is 7. The number of carbonyl (C=O) groups excluding carboxylic acids is 2. The van der Waals surface area contributed by atoms with Gasteiger partial charge in [0.1, 0.15) is 0 Å². The highest BCUT2D eigenvalue weighted by Gasteiger charge is 2.09. The standard InChI is InChI=1S/C15H15N3O3S2/c1-2-21-13(20)10-22-15-18-17-14(23-15)16-12(19)9-8-11-6-4-3-5-7-11/h3-9H,2,10H2,1H3,(H,16,17,19)/b9-8+. The Balaban J connectivity index is 1.83. The first kappa shape index (κ1) is 17.2. The van der Waals surface area contributed by atoms with Crippen LogP contribution >= 0.6 is 23.1 Å². The van der Waals surface area contributed by atoms with Crippen molar-refractivity contribution in [1.82, 2.24) is 10.2 Å². The molecule has 0 aliphatic carbocycles. The van der Waals surface area contributed by atoms with Gasteiger partial charge >= 0.3 is 5.97 Å². The van der Waals surface area contributed by atoms with Gasteiger partial charge in [-0.1, -0.05) is 53.4 Å². The molecule has 1 heterocycles. The number of aromatic nitrogens is 2. The second-order valence-corrected chi connectivity index (χ2v) is 6.40. The van der Waals surface area contributed by atoms with Gasteiger partial charge in [0, 0.05) is 6.08 Å². The Hall–Kier alpha value is -2.19. The minimum absolute atomic E-state index is 0.171. The Kier molecular flexibility index (Phi) is 6.76. The van der Waals surface area contributed by atoms with Crippen LogP contribution < -0.4 is 5.32 Å². The molecule has 0 aliphatic rings. The molecule has 0 saturated carbocycles. The first-order valence-corrected chi connectivity index (χ1v) is 8.63. The van der Waals surface area contributed by atoms with E-state index < -0.39 is 0 Å². The van der Waals surface area contributed by atoms with Crippen LogP contribution in [-0.4, -0.2) is 34.4 Å². The summed E-state index contributed by atoms with van der Waals surface area (Å²) in [5, 5.41) is 10.8. The molecule has 0 unspecified atom stereocenters. The first-order chi connectivity index (χ1) is 11.2. The van der Waals surface area contributed by atoms with Gasteiger partial charge in [0.05, 0.1) is 12.4 Å². The van der Waals surface area contributed by atoms with Crippen molar-refractivity contribution in [2.75, 3.05) is 17.7 Å². The van der Waals surface area contributed by atoms with Crippen LogP contribution in [0.15, 0.2) is 40.7 Å². The van der Waals surface area contributed by atoms with Crippen LogP contribution in [0.25, 0.3) is 6.08 Å². The van der Waals surface area contributed by atoms with Crippen molar-refractivity contribution < 1.29 is 14.3 Å². The highest BCUT2D eigenvalue weighted by Crippen LogP contribution is 2.25. The monoisotopic (exact) mass is 349 g/mol. The molecule has 8 heteroatoms. The Bertz CT molecular complexity index is 686. The van der Waals surface area contributed by atoms with Gasteiger partial charge in [-0.2, -0.15) is 0 Å². The molecule has 2 aromatic rings. The van der Waals surface area contributed by atoms with Gasteiger partial charge in [-0.3, -0.25) is 14.9 Å². The van der Waals surface area contributed by atoms with Crippen molar-refractivity contribution in [2.45, 2.75) is 11.3 Å². The summed E-state index contributed by atoms with van der Waals surface area (Å²) in [5.74, 6) is -0.416. The Morgan fingerprint density at radius 1 is 1.30 bits per heavy atom. The van der Waals surface area contributed by atoms with Gasteiger partial charge in [-0.05, 0) is 18.6 Å². The number of carbonyl (C=O) groups is 2. The van der Waals surface area contributed by atoms with Crippen LogP contribution in [0.5, 0.6) is 0 Å². The average Bonchev–Trinajstić information content (AvgIpc) is 3.00. The predicted molar refractivity (Wildman–Crippen MR) is 91.4 cm³/mol. The molecule has 0 aliphatic heterocycles. The third-order valence-corrected chi connectivity index (χ3v) is 4.43. The maximum absolute atomic E-state index is 11.8.